The first-order valence-corrected chi connectivity index (χ1v) is 6.18. The molecule has 84 valence electrons. The summed E-state index contributed by atoms with van der Waals surface area (Å²) in [7, 11) is 0. The zero-order chi connectivity index (χ0) is 11.1. The molecule has 1 fully saturated rings. The van der Waals surface area contributed by atoms with Crippen molar-refractivity contribution in [2.24, 2.45) is 5.92 Å². The summed E-state index contributed by atoms with van der Waals surface area (Å²) >= 11 is 5.94. The van der Waals surface area contributed by atoms with Crippen LogP contribution in [0.2, 0.25) is 5.15 Å². The molecule has 0 amide bonds. The topological polar surface area (TPSA) is 24.9 Å². The molecule has 3 heteroatoms. The van der Waals surface area contributed by atoms with Crippen LogP contribution in [0.1, 0.15) is 24.0 Å². The van der Waals surface area contributed by atoms with E-state index in [1.807, 2.05) is 13.1 Å². The predicted molar refractivity (Wildman–Crippen MR) is 66.5 cm³/mol. The maximum Gasteiger partial charge on any atom is 0.131 e. The Bertz CT molecular complexity index is 453. The van der Waals surface area contributed by atoms with Gasteiger partial charge in [0.05, 0.1) is 0 Å². The molecule has 0 unspecified atom stereocenters. The Morgan fingerprint density at radius 1 is 1.50 bits per heavy atom. The van der Waals surface area contributed by atoms with Crippen LogP contribution in [0.25, 0.3) is 5.57 Å². The van der Waals surface area contributed by atoms with E-state index in [1.54, 1.807) is 0 Å². The van der Waals surface area contributed by atoms with Crippen LogP contribution in [0.4, 0.5) is 0 Å². The Morgan fingerprint density at radius 2 is 2.38 bits per heavy atom. The largest absolute Gasteiger partial charge is 0.310 e. The van der Waals surface area contributed by atoms with Gasteiger partial charge >= 0.3 is 0 Å². The molecule has 2 heterocycles. The summed E-state index contributed by atoms with van der Waals surface area (Å²) in [6.07, 6.45) is 6.72. The highest BCUT2D eigenvalue weighted by atomic mass is 35.5. The monoisotopic (exact) mass is 234 g/mol. The minimum Gasteiger partial charge on any atom is -0.310 e. The number of hydrogen-bond acceptors (Lipinski definition) is 2. The van der Waals surface area contributed by atoms with E-state index in [0.717, 1.165) is 11.5 Å². The van der Waals surface area contributed by atoms with Gasteiger partial charge in [-0.15, -0.1) is 0 Å². The summed E-state index contributed by atoms with van der Waals surface area (Å²) < 4.78 is 0. The lowest BCUT2D eigenvalue weighted by Crippen LogP contribution is -2.52. The van der Waals surface area contributed by atoms with E-state index < -0.39 is 0 Å². The molecule has 0 bridgehead atoms. The van der Waals surface area contributed by atoms with Crippen LogP contribution >= 0.6 is 11.6 Å². The number of aryl methyl sites for hydroxylation is 1. The third kappa shape index (κ3) is 1.66. The van der Waals surface area contributed by atoms with E-state index >= 15 is 0 Å². The Labute approximate surface area is 101 Å². The Hall–Kier alpha value is -0.860. The van der Waals surface area contributed by atoms with E-state index in [1.165, 1.54) is 30.5 Å². The molecular formula is C13H15ClN2. The number of nitrogens with one attached hydrogen (secondary N) is 1. The van der Waals surface area contributed by atoms with Crippen molar-refractivity contribution >= 4 is 17.2 Å². The molecule has 0 saturated carbocycles. The molecule has 1 aromatic rings. The van der Waals surface area contributed by atoms with Gasteiger partial charge in [-0.2, -0.15) is 0 Å². The fraction of sp³-hybridized carbons (Fsp3) is 0.462. The average Bonchev–Trinajstić information content (AvgIpc) is 2.24. The number of halogens is 1. The van der Waals surface area contributed by atoms with Gasteiger partial charge in [0.1, 0.15) is 5.15 Å². The van der Waals surface area contributed by atoms with Crippen molar-refractivity contribution in [3.63, 3.8) is 0 Å². The number of pyridine rings is 1. The van der Waals surface area contributed by atoms with E-state index in [-0.39, 0.29) is 0 Å². The molecule has 1 aliphatic carbocycles. The van der Waals surface area contributed by atoms with Crippen LogP contribution in [-0.2, 0) is 0 Å². The third-order valence-corrected chi connectivity index (χ3v) is 4.07. The summed E-state index contributed by atoms with van der Waals surface area (Å²) in [4.78, 5) is 4.22. The molecule has 2 nitrogen and oxygen atoms in total. The van der Waals surface area contributed by atoms with Gasteiger partial charge in [-0.25, -0.2) is 4.98 Å². The van der Waals surface area contributed by atoms with Crippen LogP contribution in [-0.4, -0.2) is 17.6 Å². The highest BCUT2D eigenvalue weighted by Crippen LogP contribution is 2.34. The summed E-state index contributed by atoms with van der Waals surface area (Å²) in [6.45, 7) is 3.19. The Balaban J connectivity index is 1.91. The molecule has 0 radical (unpaired) electrons. The second-order valence-electron chi connectivity index (χ2n) is 4.76. The van der Waals surface area contributed by atoms with Crippen LogP contribution < -0.4 is 5.32 Å². The van der Waals surface area contributed by atoms with Gasteiger partial charge in [-0.05, 0) is 48.4 Å². The first-order chi connectivity index (χ1) is 7.74. The van der Waals surface area contributed by atoms with Crippen LogP contribution in [0.5, 0.6) is 0 Å². The summed E-state index contributed by atoms with van der Waals surface area (Å²) in [5.74, 6) is 0.866. The van der Waals surface area contributed by atoms with Crippen molar-refractivity contribution in [1.29, 1.82) is 0 Å². The van der Waals surface area contributed by atoms with Gasteiger partial charge in [0.25, 0.3) is 0 Å². The second kappa shape index (κ2) is 3.86. The second-order valence-corrected chi connectivity index (χ2v) is 5.11. The van der Waals surface area contributed by atoms with E-state index in [0.29, 0.717) is 11.2 Å². The molecule has 3 rings (SSSR count). The lowest BCUT2D eigenvalue weighted by Gasteiger charge is -2.40. The fourth-order valence-electron chi connectivity index (χ4n) is 2.51. The molecule has 2 atom stereocenters. The minimum absolute atomic E-state index is 0.597. The van der Waals surface area contributed by atoms with E-state index in [2.05, 4.69) is 22.4 Å². The number of hydrogen-bond donors (Lipinski definition) is 1. The zero-order valence-electron chi connectivity index (χ0n) is 9.33. The van der Waals surface area contributed by atoms with Crippen molar-refractivity contribution in [1.82, 2.24) is 10.3 Å². The molecular weight excluding hydrogens is 220 g/mol. The van der Waals surface area contributed by atoms with E-state index in [9.17, 15) is 0 Å². The highest BCUT2D eigenvalue weighted by molar-refractivity contribution is 6.30. The smallest absolute Gasteiger partial charge is 0.131 e. The summed E-state index contributed by atoms with van der Waals surface area (Å²) in [5, 5.41) is 4.06. The maximum absolute atomic E-state index is 5.94. The van der Waals surface area contributed by atoms with Crippen LogP contribution in [0.3, 0.4) is 0 Å². The number of aromatic nitrogens is 1. The number of allylic oxidation sites excluding steroid dienone is 1. The molecule has 2 aliphatic rings. The normalized spacial score (nSPS) is 28.0. The lowest BCUT2D eigenvalue weighted by molar-refractivity contribution is 0.256. The zero-order valence-corrected chi connectivity index (χ0v) is 10.1. The average molecular weight is 235 g/mol. The SMILES string of the molecule is Cc1cc(C2=C[C@@H]3NC[C@@H]3CC2)cnc1Cl. The maximum atomic E-state index is 5.94. The molecule has 1 aromatic heterocycles. The first kappa shape index (κ1) is 10.3. The number of nitrogens with zero attached hydrogens (tertiary/aromatic N) is 1. The first-order valence-electron chi connectivity index (χ1n) is 5.80. The van der Waals surface area contributed by atoms with Crippen LogP contribution in [0, 0.1) is 12.8 Å². The van der Waals surface area contributed by atoms with Gasteiger partial charge in [-0.1, -0.05) is 17.7 Å². The Kier molecular flexibility index (Phi) is 2.49. The van der Waals surface area contributed by atoms with Gasteiger partial charge in [0, 0.05) is 18.8 Å². The van der Waals surface area contributed by atoms with Gasteiger partial charge in [-0.3, -0.25) is 0 Å². The quantitative estimate of drug-likeness (QED) is 0.756. The molecule has 0 spiro atoms. The molecule has 1 aliphatic heterocycles. The predicted octanol–water partition coefficient (Wildman–Crippen LogP) is 2.81. The molecule has 1 N–H and O–H groups in total. The van der Waals surface area contributed by atoms with Crippen molar-refractivity contribution in [3.8, 4) is 0 Å². The minimum atomic E-state index is 0.597. The van der Waals surface area contributed by atoms with Gasteiger partial charge < -0.3 is 5.32 Å². The molecule has 1 saturated heterocycles. The Morgan fingerprint density at radius 3 is 3.00 bits per heavy atom. The van der Waals surface area contributed by atoms with Crippen molar-refractivity contribution < 1.29 is 0 Å². The van der Waals surface area contributed by atoms with Crippen molar-refractivity contribution in [2.45, 2.75) is 25.8 Å². The standard InChI is InChI=1S/C13H15ClN2/c1-8-4-11(7-16-13(8)14)9-2-3-10-6-15-12(10)5-9/h4-5,7,10,12,15H,2-3,6H2,1H3/t10-,12-/m0/s1. The molecule has 16 heavy (non-hydrogen) atoms. The molecule has 0 aromatic carbocycles. The lowest BCUT2D eigenvalue weighted by atomic mass is 9.79. The number of fused-ring (bicyclic) bond motifs is 1. The highest BCUT2D eigenvalue weighted by Gasteiger charge is 2.31. The van der Waals surface area contributed by atoms with Crippen molar-refractivity contribution in [2.75, 3.05) is 6.54 Å². The van der Waals surface area contributed by atoms with Gasteiger partial charge in [0.2, 0.25) is 0 Å². The third-order valence-electron chi connectivity index (χ3n) is 3.67. The summed E-state index contributed by atoms with van der Waals surface area (Å²) in [6, 6.07) is 2.74. The van der Waals surface area contributed by atoms with Gasteiger partial charge in [0.15, 0.2) is 0 Å². The van der Waals surface area contributed by atoms with Crippen molar-refractivity contribution in [3.05, 3.63) is 34.6 Å². The fourth-order valence-corrected chi connectivity index (χ4v) is 2.62. The van der Waals surface area contributed by atoms with E-state index in [4.69, 9.17) is 11.6 Å². The summed E-state index contributed by atoms with van der Waals surface area (Å²) in [5.41, 5.74) is 3.71. The van der Waals surface area contributed by atoms with Crippen LogP contribution in [0.15, 0.2) is 18.3 Å². The number of rotatable bonds is 1.